The molecule has 2 aliphatic rings. The molecule has 7 nitrogen and oxygen atoms in total. The Labute approximate surface area is 187 Å². The van der Waals surface area contributed by atoms with Crippen LogP contribution in [0.5, 0.6) is 11.5 Å². The number of anilines is 1. The van der Waals surface area contributed by atoms with E-state index in [1.807, 2.05) is 18.2 Å². The third-order valence-electron chi connectivity index (χ3n) is 5.10. The Hall–Kier alpha value is -2.29. The second kappa shape index (κ2) is 11.9. The molecule has 1 fully saturated rings. The van der Waals surface area contributed by atoms with Crippen LogP contribution in [0.15, 0.2) is 40.0 Å². The minimum absolute atomic E-state index is 0.275. The van der Waals surface area contributed by atoms with E-state index in [1.54, 1.807) is 11.3 Å². The summed E-state index contributed by atoms with van der Waals surface area (Å²) in [6.45, 7) is 5.00. The molecule has 0 amide bonds. The molecular weight excluding hydrogens is 414 g/mol. The van der Waals surface area contributed by atoms with Crippen LogP contribution >= 0.6 is 11.3 Å². The first-order valence-electron chi connectivity index (χ1n) is 11.0. The summed E-state index contributed by atoms with van der Waals surface area (Å²) >= 11 is 1.68. The normalized spacial score (nSPS) is 18.6. The maximum atomic E-state index is 5.81. The van der Waals surface area contributed by atoms with E-state index < -0.39 is 0 Å². The summed E-state index contributed by atoms with van der Waals surface area (Å²) in [4.78, 5) is 4.74. The number of thiophene rings is 1. The fourth-order valence-corrected chi connectivity index (χ4v) is 4.10. The Kier molecular flexibility index (Phi) is 8.44. The highest BCUT2D eigenvalue weighted by molar-refractivity contribution is 7.07. The highest BCUT2D eigenvalue weighted by atomic mass is 32.1. The monoisotopic (exact) mass is 445 g/mol. The van der Waals surface area contributed by atoms with Gasteiger partial charge in [-0.15, -0.1) is 0 Å². The maximum absolute atomic E-state index is 5.81. The van der Waals surface area contributed by atoms with Crippen LogP contribution in [0, 0.1) is 0 Å². The topological polar surface area (TPSA) is 73.3 Å². The number of guanidine groups is 1. The van der Waals surface area contributed by atoms with Gasteiger partial charge in [-0.2, -0.15) is 11.3 Å². The summed E-state index contributed by atoms with van der Waals surface area (Å²) in [5, 5.41) is 11.0. The van der Waals surface area contributed by atoms with Gasteiger partial charge in [0.2, 0.25) is 0 Å². The molecule has 1 saturated heterocycles. The largest absolute Gasteiger partial charge is 0.490 e. The third-order valence-corrected chi connectivity index (χ3v) is 5.83. The molecule has 0 aliphatic carbocycles. The summed E-state index contributed by atoms with van der Waals surface area (Å²) in [6, 6.07) is 7.99. The van der Waals surface area contributed by atoms with Gasteiger partial charge in [-0.25, -0.2) is 4.99 Å². The van der Waals surface area contributed by atoms with Crippen LogP contribution in [0.1, 0.15) is 31.2 Å². The number of nitrogens with one attached hydrogen (secondary N) is 2. The Bertz CT molecular complexity index is 822. The van der Waals surface area contributed by atoms with Crippen molar-refractivity contribution in [3.05, 3.63) is 40.6 Å². The molecule has 2 N–H and O–H groups in total. The van der Waals surface area contributed by atoms with Crippen LogP contribution in [-0.2, 0) is 16.0 Å². The van der Waals surface area contributed by atoms with Gasteiger partial charge in [0.05, 0.1) is 32.5 Å². The lowest BCUT2D eigenvalue weighted by molar-refractivity contribution is 0.0168. The smallest absolute Gasteiger partial charge is 0.196 e. The highest BCUT2D eigenvalue weighted by Crippen LogP contribution is 2.32. The van der Waals surface area contributed by atoms with Crippen LogP contribution in [-0.4, -0.2) is 51.6 Å². The van der Waals surface area contributed by atoms with E-state index in [1.165, 1.54) is 5.56 Å². The Morgan fingerprint density at radius 1 is 1.13 bits per heavy atom. The van der Waals surface area contributed by atoms with Crippen molar-refractivity contribution in [2.75, 3.05) is 44.9 Å². The molecule has 0 saturated carbocycles. The first-order chi connectivity index (χ1) is 15.4. The van der Waals surface area contributed by atoms with E-state index in [2.05, 4.69) is 27.5 Å². The summed E-state index contributed by atoms with van der Waals surface area (Å²) in [5.41, 5.74) is 2.11. The molecule has 1 aromatic heterocycles. The van der Waals surface area contributed by atoms with Crippen LogP contribution in [0.4, 0.5) is 5.69 Å². The molecule has 0 spiro atoms. The van der Waals surface area contributed by atoms with Crippen LogP contribution < -0.4 is 20.1 Å². The van der Waals surface area contributed by atoms with Gasteiger partial charge in [0.15, 0.2) is 17.5 Å². The number of fused-ring (bicyclic) bond motifs is 1. The van der Waals surface area contributed by atoms with Gasteiger partial charge in [-0.1, -0.05) is 0 Å². The third kappa shape index (κ3) is 7.12. The number of ether oxygens (including phenoxy) is 4. The number of nitrogens with zero attached hydrogens (tertiary/aromatic N) is 1. The van der Waals surface area contributed by atoms with Gasteiger partial charge in [0.1, 0.15) is 0 Å². The standard InChI is InChI=1S/C23H31N3O4S/c1-4-20(28-10-1)16-27-9-2-8-24-23(25-15-18-7-13-31-17-18)26-19-5-6-21-22(14-19)30-12-3-11-29-21/h5-7,13-14,17,20H,1-4,8-12,15-16H2,(H2,24,25,26). The highest BCUT2D eigenvalue weighted by Gasteiger charge is 2.15. The average molecular weight is 446 g/mol. The molecule has 4 rings (SSSR count). The van der Waals surface area contributed by atoms with E-state index in [4.69, 9.17) is 23.9 Å². The fraction of sp³-hybridized carbons (Fsp3) is 0.522. The molecule has 1 unspecified atom stereocenters. The average Bonchev–Trinajstić information content (AvgIpc) is 3.45. The van der Waals surface area contributed by atoms with Gasteiger partial charge >= 0.3 is 0 Å². The van der Waals surface area contributed by atoms with Crippen molar-refractivity contribution in [3.63, 3.8) is 0 Å². The van der Waals surface area contributed by atoms with Gasteiger partial charge < -0.3 is 29.6 Å². The molecule has 2 aliphatic heterocycles. The van der Waals surface area contributed by atoms with Crippen molar-refractivity contribution in [1.82, 2.24) is 5.32 Å². The van der Waals surface area contributed by atoms with E-state index in [9.17, 15) is 0 Å². The molecule has 168 valence electrons. The molecule has 3 heterocycles. The zero-order chi connectivity index (χ0) is 21.1. The molecule has 8 heteroatoms. The van der Waals surface area contributed by atoms with Crippen molar-refractivity contribution in [2.24, 2.45) is 4.99 Å². The van der Waals surface area contributed by atoms with Crippen molar-refractivity contribution in [3.8, 4) is 11.5 Å². The lowest BCUT2D eigenvalue weighted by atomic mass is 10.2. The van der Waals surface area contributed by atoms with Gasteiger partial charge in [-0.05, 0) is 53.8 Å². The Morgan fingerprint density at radius 3 is 2.90 bits per heavy atom. The SMILES string of the molecule is c1cc(CN=C(NCCCOCC2CCCO2)Nc2ccc3c(c2)OCCCO3)cs1. The minimum Gasteiger partial charge on any atom is -0.490 e. The number of benzene rings is 1. The quantitative estimate of drug-likeness (QED) is 0.345. The summed E-state index contributed by atoms with van der Waals surface area (Å²) in [5.74, 6) is 2.29. The van der Waals surface area contributed by atoms with Crippen LogP contribution in [0.3, 0.4) is 0 Å². The second-order valence-corrected chi connectivity index (χ2v) is 8.40. The summed E-state index contributed by atoms with van der Waals surface area (Å²) < 4.78 is 22.9. The molecule has 1 aromatic carbocycles. The fourth-order valence-electron chi connectivity index (χ4n) is 3.44. The maximum Gasteiger partial charge on any atom is 0.196 e. The van der Waals surface area contributed by atoms with Crippen molar-refractivity contribution in [2.45, 2.75) is 38.3 Å². The van der Waals surface area contributed by atoms with Crippen LogP contribution in [0.25, 0.3) is 0 Å². The first-order valence-corrected chi connectivity index (χ1v) is 12.0. The molecule has 1 atom stereocenters. The lowest BCUT2D eigenvalue weighted by Gasteiger charge is -2.15. The molecular formula is C23H31N3O4S. The summed E-state index contributed by atoms with van der Waals surface area (Å²) in [6.07, 6.45) is 4.31. The molecule has 2 aromatic rings. The van der Waals surface area contributed by atoms with E-state index in [0.717, 1.165) is 62.0 Å². The van der Waals surface area contributed by atoms with Crippen molar-refractivity contribution >= 4 is 23.0 Å². The Balaban J connectivity index is 1.29. The second-order valence-electron chi connectivity index (χ2n) is 7.62. The van der Waals surface area contributed by atoms with Crippen LogP contribution in [0.2, 0.25) is 0 Å². The zero-order valence-corrected chi connectivity index (χ0v) is 18.6. The summed E-state index contributed by atoms with van der Waals surface area (Å²) in [7, 11) is 0. The number of hydrogen-bond donors (Lipinski definition) is 2. The van der Waals surface area contributed by atoms with Crippen molar-refractivity contribution < 1.29 is 18.9 Å². The zero-order valence-electron chi connectivity index (χ0n) is 17.8. The Morgan fingerprint density at radius 2 is 2.06 bits per heavy atom. The van der Waals surface area contributed by atoms with E-state index >= 15 is 0 Å². The van der Waals surface area contributed by atoms with E-state index in [-0.39, 0.29) is 6.10 Å². The van der Waals surface area contributed by atoms with E-state index in [0.29, 0.717) is 33.0 Å². The molecule has 0 bridgehead atoms. The molecule has 0 radical (unpaired) electrons. The van der Waals surface area contributed by atoms with Gasteiger partial charge in [0, 0.05) is 37.9 Å². The number of rotatable bonds is 9. The lowest BCUT2D eigenvalue weighted by Crippen LogP contribution is -2.32. The number of hydrogen-bond acceptors (Lipinski definition) is 6. The molecule has 31 heavy (non-hydrogen) atoms. The predicted molar refractivity (Wildman–Crippen MR) is 124 cm³/mol. The van der Waals surface area contributed by atoms with Gasteiger partial charge in [-0.3, -0.25) is 0 Å². The predicted octanol–water partition coefficient (Wildman–Crippen LogP) is 4.05. The minimum atomic E-state index is 0.275. The van der Waals surface area contributed by atoms with Gasteiger partial charge in [0.25, 0.3) is 0 Å². The first kappa shape index (κ1) is 21.9. The van der Waals surface area contributed by atoms with Crippen molar-refractivity contribution in [1.29, 1.82) is 0 Å². The number of aliphatic imine (C=N–C) groups is 1.